The van der Waals surface area contributed by atoms with Gasteiger partial charge in [-0.1, -0.05) is 43.8 Å². The van der Waals surface area contributed by atoms with Crippen LogP contribution in [0.25, 0.3) is 15.7 Å². The van der Waals surface area contributed by atoms with Crippen molar-refractivity contribution in [3.63, 3.8) is 0 Å². The summed E-state index contributed by atoms with van der Waals surface area (Å²) in [5.41, 5.74) is 5.30. The minimum absolute atomic E-state index is 0.00803. The zero-order chi connectivity index (χ0) is 19.7. The van der Waals surface area contributed by atoms with Crippen LogP contribution in [0.15, 0.2) is 47.1 Å². The number of amides is 1. The van der Waals surface area contributed by atoms with Crippen LogP contribution in [0.2, 0.25) is 0 Å². The van der Waals surface area contributed by atoms with Gasteiger partial charge in [0.2, 0.25) is 5.91 Å². The zero-order valence-electron chi connectivity index (χ0n) is 16.1. The molecule has 1 aromatic carbocycles. The lowest BCUT2D eigenvalue weighted by Crippen LogP contribution is -2.25. The van der Waals surface area contributed by atoms with Crippen molar-refractivity contribution in [2.45, 2.75) is 43.9 Å². The van der Waals surface area contributed by atoms with Gasteiger partial charge in [-0.15, -0.1) is 21.5 Å². The van der Waals surface area contributed by atoms with Crippen molar-refractivity contribution in [2.75, 3.05) is 5.32 Å². The van der Waals surface area contributed by atoms with E-state index < -0.39 is 0 Å². The number of fused-ring (bicyclic) bond motifs is 3. The second kappa shape index (κ2) is 7.93. The van der Waals surface area contributed by atoms with Crippen LogP contribution < -0.4 is 5.32 Å². The summed E-state index contributed by atoms with van der Waals surface area (Å²) in [6.45, 7) is 6.16. The van der Waals surface area contributed by atoms with Gasteiger partial charge in [-0.25, -0.2) is 0 Å². The molecule has 0 saturated carbocycles. The average Bonchev–Trinajstić information content (AvgIpc) is 3.29. The number of hydrogen-bond donors (Lipinski definition) is 1. The number of thioether (sulfide) groups is 1. The number of hydrogen-bond acceptors (Lipinski definition) is 5. The summed E-state index contributed by atoms with van der Waals surface area (Å²) in [5, 5.41) is 14.3. The number of aryl methyl sites for hydroxylation is 2. The standard InChI is InChI=1S/C21H22N4OS2/c1-4-14-8-6-7-13(3)19(14)23-20(26)17(5-2)28-21-16-11-18-15(9-10-27-18)25(16)12-22-24-21/h6-12,17H,4-5H2,1-3H3,(H,23,26)/t17-/m0/s1. The van der Waals surface area contributed by atoms with E-state index in [2.05, 4.69) is 46.0 Å². The Morgan fingerprint density at radius 1 is 1.29 bits per heavy atom. The number of aromatic nitrogens is 3. The molecule has 144 valence electrons. The van der Waals surface area contributed by atoms with Gasteiger partial charge in [0.1, 0.15) is 11.4 Å². The van der Waals surface area contributed by atoms with Crippen LogP contribution in [0.5, 0.6) is 0 Å². The van der Waals surface area contributed by atoms with Crippen molar-refractivity contribution in [3.8, 4) is 0 Å². The lowest BCUT2D eigenvalue weighted by molar-refractivity contribution is -0.115. The van der Waals surface area contributed by atoms with E-state index in [9.17, 15) is 4.79 Å². The van der Waals surface area contributed by atoms with Gasteiger partial charge in [0.25, 0.3) is 0 Å². The molecule has 0 aliphatic heterocycles. The summed E-state index contributed by atoms with van der Waals surface area (Å²) in [4.78, 5) is 13.0. The summed E-state index contributed by atoms with van der Waals surface area (Å²) in [7, 11) is 0. The van der Waals surface area contributed by atoms with Crippen LogP contribution >= 0.6 is 23.1 Å². The molecule has 4 aromatic rings. The van der Waals surface area contributed by atoms with Crippen LogP contribution in [0.1, 0.15) is 31.4 Å². The van der Waals surface area contributed by atoms with Crippen LogP contribution in [0, 0.1) is 6.92 Å². The predicted molar refractivity (Wildman–Crippen MR) is 117 cm³/mol. The van der Waals surface area contributed by atoms with Gasteiger partial charge in [-0.3, -0.25) is 9.20 Å². The molecule has 0 saturated heterocycles. The lowest BCUT2D eigenvalue weighted by Gasteiger charge is -2.18. The fourth-order valence-electron chi connectivity index (χ4n) is 3.36. The van der Waals surface area contributed by atoms with Gasteiger partial charge in [0.05, 0.1) is 21.0 Å². The van der Waals surface area contributed by atoms with Gasteiger partial charge in [-0.05, 0) is 48.4 Å². The van der Waals surface area contributed by atoms with Crippen molar-refractivity contribution in [1.82, 2.24) is 14.6 Å². The fourth-order valence-corrected chi connectivity index (χ4v) is 5.15. The van der Waals surface area contributed by atoms with Gasteiger partial charge in [0, 0.05) is 5.69 Å². The van der Waals surface area contributed by atoms with E-state index in [4.69, 9.17) is 0 Å². The first-order valence-corrected chi connectivity index (χ1v) is 11.1. The summed E-state index contributed by atoms with van der Waals surface area (Å²) in [6, 6.07) is 10.3. The minimum atomic E-state index is -0.238. The lowest BCUT2D eigenvalue weighted by atomic mass is 10.1. The molecule has 4 rings (SSSR count). The van der Waals surface area contributed by atoms with Gasteiger partial charge in [-0.2, -0.15) is 0 Å². The Hall–Kier alpha value is -2.38. The highest BCUT2D eigenvalue weighted by Gasteiger charge is 2.22. The van der Waals surface area contributed by atoms with E-state index in [1.807, 2.05) is 30.4 Å². The number of thiophene rings is 1. The van der Waals surface area contributed by atoms with Crippen molar-refractivity contribution < 1.29 is 4.79 Å². The smallest absolute Gasteiger partial charge is 0.237 e. The van der Waals surface area contributed by atoms with Gasteiger partial charge >= 0.3 is 0 Å². The Labute approximate surface area is 172 Å². The normalized spacial score (nSPS) is 12.5. The highest BCUT2D eigenvalue weighted by Crippen LogP contribution is 2.33. The first-order chi connectivity index (χ1) is 13.6. The number of benzene rings is 1. The highest BCUT2D eigenvalue weighted by molar-refractivity contribution is 8.00. The van der Waals surface area contributed by atoms with Crippen molar-refractivity contribution >= 4 is 50.4 Å². The van der Waals surface area contributed by atoms with E-state index >= 15 is 0 Å². The molecule has 1 atom stereocenters. The number of carbonyl (C=O) groups excluding carboxylic acids is 1. The molecule has 3 heterocycles. The Bertz CT molecular complexity index is 1150. The quantitative estimate of drug-likeness (QED) is 0.437. The predicted octanol–water partition coefficient (Wildman–Crippen LogP) is 5.32. The molecule has 1 amide bonds. The summed E-state index contributed by atoms with van der Waals surface area (Å²) in [6.07, 6.45) is 3.32. The SMILES string of the molecule is CCc1cccc(C)c1NC(=O)[C@H](CC)Sc1nncn2c1cc1sccc12. The zero-order valence-corrected chi connectivity index (χ0v) is 17.7. The summed E-state index contributed by atoms with van der Waals surface area (Å²) < 4.78 is 3.24. The first kappa shape index (κ1) is 19.0. The molecule has 3 aromatic heterocycles. The number of nitrogens with one attached hydrogen (secondary N) is 1. The molecule has 1 N–H and O–H groups in total. The molecular formula is C21H22N4OS2. The maximum Gasteiger partial charge on any atom is 0.237 e. The second-order valence-corrected chi connectivity index (χ2v) is 8.81. The van der Waals surface area contributed by atoms with E-state index in [-0.39, 0.29) is 11.2 Å². The molecule has 5 nitrogen and oxygen atoms in total. The van der Waals surface area contributed by atoms with E-state index in [1.54, 1.807) is 17.7 Å². The van der Waals surface area contributed by atoms with E-state index in [0.29, 0.717) is 6.42 Å². The third-order valence-corrected chi connectivity index (χ3v) is 7.10. The van der Waals surface area contributed by atoms with Crippen LogP contribution in [-0.2, 0) is 11.2 Å². The van der Waals surface area contributed by atoms with E-state index in [1.165, 1.54) is 16.5 Å². The van der Waals surface area contributed by atoms with Crippen LogP contribution in [-0.4, -0.2) is 25.8 Å². The molecule has 0 unspecified atom stereocenters. The molecule has 0 fully saturated rings. The van der Waals surface area contributed by atoms with E-state index in [0.717, 1.165) is 39.3 Å². The number of nitrogens with zero attached hydrogens (tertiary/aromatic N) is 3. The van der Waals surface area contributed by atoms with Crippen molar-refractivity contribution in [1.29, 1.82) is 0 Å². The highest BCUT2D eigenvalue weighted by atomic mass is 32.2. The van der Waals surface area contributed by atoms with Gasteiger partial charge < -0.3 is 5.32 Å². The molecule has 7 heteroatoms. The maximum absolute atomic E-state index is 13.0. The fraction of sp³-hybridized carbons (Fsp3) is 0.286. The van der Waals surface area contributed by atoms with Crippen LogP contribution in [0.3, 0.4) is 0 Å². The Morgan fingerprint density at radius 2 is 2.14 bits per heavy atom. The molecule has 0 aliphatic rings. The largest absolute Gasteiger partial charge is 0.325 e. The second-order valence-electron chi connectivity index (χ2n) is 6.67. The minimum Gasteiger partial charge on any atom is -0.325 e. The number of carbonyl (C=O) groups is 1. The Balaban J connectivity index is 1.61. The average molecular weight is 411 g/mol. The third kappa shape index (κ3) is 3.40. The summed E-state index contributed by atoms with van der Waals surface area (Å²) in [5.74, 6) is 0.00803. The van der Waals surface area contributed by atoms with Crippen molar-refractivity contribution in [3.05, 3.63) is 53.2 Å². The summed E-state index contributed by atoms with van der Waals surface area (Å²) >= 11 is 3.18. The third-order valence-electron chi connectivity index (χ3n) is 4.90. The van der Waals surface area contributed by atoms with Crippen molar-refractivity contribution in [2.24, 2.45) is 0 Å². The molecular weight excluding hydrogens is 388 g/mol. The molecule has 0 bridgehead atoms. The van der Waals surface area contributed by atoms with Gasteiger partial charge in [0.15, 0.2) is 0 Å². The molecule has 0 spiro atoms. The maximum atomic E-state index is 13.0. The Morgan fingerprint density at radius 3 is 2.93 bits per heavy atom. The molecule has 28 heavy (non-hydrogen) atoms. The molecule has 0 aliphatic carbocycles. The topological polar surface area (TPSA) is 59.3 Å². The number of para-hydroxylation sites is 1. The first-order valence-electron chi connectivity index (χ1n) is 9.38. The number of anilines is 1. The monoisotopic (exact) mass is 410 g/mol. The Kier molecular flexibility index (Phi) is 5.37. The number of rotatable bonds is 6. The van der Waals surface area contributed by atoms with Crippen LogP contribution in [0.4, 0.5) is 5.69 Å². The molecule has 0 radical (unpaired) electrons.